The van der Waals surface area contributed by atoms with Crippen LogP contribution in [0.25, 0.3) is 0 Å². The van der Waals surface area contributed by atoms with E-state index in [1.54, 1.807) is 18.5 Å². The van der Waals surface area contributed by atoms with Crippen molar-refractivity contribution in [3.8, 4) is 0 Å². The second-order valence-electron chi connectivity index (χ2n) is 4.44. The van der Waals surface area contributed by atoms with Gasteiger partial charge in [-0.3, -0.25) is 9.79 Å². The lowest BCUT2D eigenvalue weighted by molar-refractivity contribution is -0.115. The lowest BCUT2D eigenvalue weighted by atomic mass is 10.1. The van der Waals surface area contributed by atoms with E-state index in [2.05, 4.69) is 20.5 Å². The largest absolute Gasteiger partial charge is 0.324 e. The van der Waals surface area contributed by atoms with Crippen molar-refractivity contribution >= 4 is 23.0 Å². The highest BCUT2D eigenvalue weighted by Gasteiger charge is 2.17. The number of anilines is 1. The number of carbonyl (C=O) groups excluding carboxylic acids is 1. The average molecular weight is 282 g/mol. The third-order valence-electron chi connectivity index (χ3n) is 2.93. The molecule has 0 fully saturated rings. The molecule has 2 heterocycles. The van der Waals surface area contributed by atoms with Crippen molar-refractivity contribution in [1.29, 1.82) is 0 Å². The molecule has 5 nitrogen and oxygen atoms in total. The summed E-state index contributed by atoms with van der Waals surface area (Å²) in [4.78, 5) is 16.5. The molecular formula is C16H18N4O. The first-order chi connectivity index (χ1) is 10.2. The SMILES string of the molecule is CC.Cc1ccc2c(c1)NC(=O)CC(c1ccnnc1)=N2. The molecule has 0 unspecified atom stereocenters. The highest BCUT2D eigenvalue weighted by molar-refractivity contribution is 6.16. The molecule has 0 aliphatic carbocycles. The minimum atomic E-state index is -0.0695. The first kappa shape index (κ1) is 14.8. The Balaban J connectivity index is 0.000000774. The molecule has 0 saturated heterocycles. The minimum absolute atomic E-state index is 0.0695. The highest BCUT2D eigenvalue weighted by Crippen LogP contribution is 2.29. The number of fused-ring (bicyclic) bond motifs is 1. The molecule has 1 aromatic heterocycles. The standard InChI is InChI=1S/C14H12N4O.C2H6/c1-9-2-3-11-13(6-9)18-14(19)7-12(17-11)10-4-5-15-16-8-10;1-2/h2-6,8H,7H2,1H3,(H,18,19);1-2H3. The Kier molecular flexibility index (Phi) is 4.77. The van der Waals surface area contributed by atoms with Crippen LogP contribution in [0.5, 0.6) is 0 Å². The zero-order valence-electron chi connectivity index (χ0n) is 12.4. The first-order valence-corrected chi connectivity index (χ1v) is 6.97. The summed E-state index contributed by atoms with van der Waals surface area (Å²) in [5.74, 6) is -0.0695. The van der Waals surface area contributed by atoms with Crippen LogP contribution in [0, 0.1) is 6.92 Å². The molecule has 0 atom stereocenters. The number of rotatable bonds is 1. The van der Waals surface area contributed by atoms with Gasteiger partial charge in [0.2, 0.25) is 5.91 Å². The maximum Gasteiger partial charge on any atom is 0.230 e. The predicted octanol–water partition coefficient (Wildman–Crippen LogP) is 3.27. The summed E-state index contributed by atoms with van der Waals surface area (Å²) in [7, 11) is 0. The van der Waals surface area contributed by atoms with E-state index in [-0.39, 0.29) is 12.3 Å². The third-order valence-corrected chi connectivity index (χ3v) is 2.93. The maximum absolute atomic E-state index is 11.9. The molecule has 1 amide bonds. The van der Waals surface area contributed by atoms with Crippen LogP contribution in [0.15, 0.2) is 41.7 Å². The van der Waals surface area contributed by atoms with Gasteiger partial charge in [0, 0.05) is 5.56 Å². The van der Waals surface area contributed by atoms with E-state index in [0.29, 0.717) is 5.71 Å². The van der Waals surface area contributed by atoms with Gasteiger partial charge in [-0.1, -0.05) is 19.9 Å². The van der Waals surface area contributed by atoms with Crippen LogP contribution < -0.4 is 5.32 Å². The van der Waals surface area contributed by atoms with E-state index in [9.17, 15) is 4.79 Å². The Hall–Kier alpha value is -2.56. The summed E-state index contributed by atoms with van der Waals surface area (Å²) in [5, 5.41) is 10.4. The van der Waals surface area contributed by atoms with Crippen molar-refractivity contribution < 1.29 is 4.79 Å². The van der Waals surface area contributed by atoms with Crippen molar-refractivity contribution in [2.45, 2.75) is 27.2 Å². The molecule has 5 heteroatoms. The van der Waals surface area contributed by atoms with Crippen LogP contribution in [0.4, 0.5) is 11.4 Å². The van der Waals surface area contributed by atoms with Crippen LogP contribution in [0.2, 0.25) is 0 Å². The van der Waals surface area contributed by atoms with Crippen LogP contribution in [-0.2, 0) is 4.79 Å². The van der Waals surface area contributed by atoms with Gasteiger partial charge in [-0.2, -0.15) is 10.2 Å². The normalized spacial score (nSPS) is 13.1. The summed E-state index contributed by atoms with van der Waals surface area (Å²) in [6, 6.07) is 7.61. The highest BCUT2D eigenvalue weighted by atomic mass is 16.1. The number of aromatic nitrogens is 2. The topological polar surface area (TPSA) is 67.2 Å². The maximum atomic E-state index is 11.9. The first-order valence-electron chi connectivity index (χ1n) is 6.97. The monoisotopic (exact) mass is 282 g/mol. The molecule has 1 aliphatic rings. The van der Waals surface area contributed by atoms with Gasteiger partial charge < -0.3 is 5.32 Å². The number of aryl methyl sites for hydroxylation is 1. The van der Waals surface area contributed by atoms with E-state index in [1.165, 1.54) is 0 Å². The number of aliphatic imine (C=N–C) groups is 1. The van der Waals surface area contributed by atoms with Crippen molar-refractivity contribution in [3.63, 3.8) is 0 Å². The molecule has 1 aliphatic heterocycles. The van der Waals surface area contributed by atoms with Gasteiger partial charge in [0.1, 0.15) is 0 Å². The fourth-order valence-corrected chi connectivity index (χ4v) is 2.01. The molecule has 2 aromatic rings. The summed E-state index contributed by atoms with van der Waals surface area (Å²) >= 11 is 0. The fraction of sp³-hybridized carbons (Fsp3) is 0.250. The van der Waals surface area contributed by atoms with Crippen LogP contribution in [-0.4, -0.2) is 21.8 Å². The molecule has 1 N–H and O–H groups in total. The summed E-state index contributed by atoms with van der Waals surface area (Å²) in [6.45, 7) is 5.98. The van der Waals surface area contributed by atoms with Gasteiger partial charge in [0.05, 0.1) is 35.9 Å². The van der Waals surface area contributed by atoms with E-state index in [1.807, 2.05) is 39.0 Å². The number of nitrogens with one attached hydrogen (secondary N) is 1. The predicted molar refractivity (Wildman–Crippen MR) is 84.0 cm³/mol. The van der Waals surface area contributed by atoms with E-state index >= 15 is 0 Å². The zero-order chi connectivity index (χ0) is 15.2. The minimum Gasteiger partial charge on any atom is -0.324 e. The number of carbonyl (C=O) groups is 1. The van der Waals surface area contributed by atoms with Gasteiger partial charge in [0.25, 0.3) is 0 Å². The number of hydrogen-bond donors (Lipinski definition) is 1. The molecule has 0 radical (unpaired) electrons. The average Bonchev–Trinajstić information content (AvgIpc) is 2.68. The molecule has 0 saturated carbocycles. The Morgan fingerprint density at radius 1 is 1.14 bits per heavy atom. The molecule has 3 rings (SSSR count). The Morgan fingerprint density at radius 3 is 2.67 bits per heavy atom. The number of amides is 1. The third kappa shape index (κ3) is 3.51. The summed E-state index contributed by atoms with van der Waals surface area (Å²) in [6.07, 6.45) is 3.45. The Morgan fingerprint density at radius 2 is 1.95 bits per heavy atom. The van der Waals surface area contributed by atoms with E-state index in [0.717, 1.165) is 22.5 Å². The second kappa shape index (κ2) is 6.74. The lowest BCUT2D eigenvalue weighted by Crippen LogP contribution is -2.15. The van der Waals surface area contributed by atoms with Crippen molar-refractivity contribution in [2.75, 3.05) is 5.32 Å². The van der Waals surface area contributed by atoms with Crippen molar-refractivity contribution in [1.82, 2.24) is 10.2 Å². The Bertz CT molecular complexity index is 665. The molecular weight excluding hydrogens is 264 g/mol. The van der Waals surface area contributed by atoms with Gasteiger partial charge in [0.15, 0.2) is 0 Å². The van der Waals surface area contributed by atoms with Crippen LogP contribution in [0.3, 0.4) is 0 Å². The van der Waals surface area contributed by atoms with Crippen molar-refractivity contribution in [3.05, 3.63) is 47.8 Å². The zero-order valence-corrected chi connectivity index (χ0v) is 12.4. The number of hydrogen-bond acceptors (Lipinski definition) is 4. The summed E-state index contributed by atoms with van der Waals surface area (Å²) in [5.41, 5.74) is 4.13. The van der Waals surface area contributed by atoms with E-state index < -0.39 is 0 Å². The lowest BCUT2D eigenvalue weighted by Gasteiger charge is -2.04. The molecule has 108 valence electrons. The van der Waals surface area contributed by atoms with E-state index in [4.69, 9.17) is 0 Å². The molecule has 0 spiro atoms. The van der Waals surface area contributed by atoms with Gasteiger partial charge >= 0.3 is 0 Å². The van der Waals surface area contributed by atoms with Gasteiger partial charge in [-0.15, -0.1) is 0 Å². The quantitative estimate of drug-likeness (QED) is 0.872. The molecule has 1 aromatic carbocycles. The molecule has 0 bridgehead atoms. The molecule has 21 heavy (non-hydrogen) atoms. The summed E-state index contributed by atoms with van der Waals surface area (Å²) < 4.78 is 0. The van der Waals surface area contributed by atoms with Crippen molar-refractivity contribution in [2.24, 2.45) is 4.99 Å². The number of nitrogens with zero attached hydrogens (tertiary/aromatic N) is 3. The van der Waals surface area contributed by atoms with Gasteiger partial charge in [-0.05, 0) is 30.7 Å². The number of benzene rings is 1. The van der Waals surface area contributed by atoms with Crippen LogP contribution in [0.1, 0.15) is 31.4 Å². The second-order valence-corrected chi connectivity index (χ2v) is 4.44. The van der Waals surface area contributed by atoms with Gasteiger partial charge in [-0.25, -0.2) is 0 Å². The van der Waals surface area contributed by atoms with Crippen LogP contribution >= 0.6 is 0 Å². The smallest absolute Gasteiger partial charge is 0.230 e. The Labute approximate surface area is 124 Å². The fourth-order valence-electron chi connectivity index (χ4n) is 2.01.